The first-order valence-corrected chi connectivity index (χ1v) is 9.24. The van der Waals surface area contributed by atoms with E-state index in [1.54, 1.807) is 39.7 Å². The molecule has 0 aliphatic rings. The molecule has 0 amide bonds. The smallest absolute Gasteiger partial charge is 0.203 e. The van der Waals surface area contributed by atoms with E-state index in [4.69, 9.17) is 14.2 Å². The number of nitrogens with one attached hydrogen (secondary N) is 1. The predicted molar refractivity (Wildman–Crippen MR) is 122 cm³/mol. The Morgan fingerprint density at radius 3 is 2.30 bits per heavy atom. The van der Waals surface area contributed by atoms with Crippen molar-refractivity contribution in [1.82, 2.24) is 10.2 Å². The van der Waals surface area contributed by atoms with Crippen LogP contribution in [0, 0.1) is 0 Å². The van der Waals surface area contributed by atoms with E-state index in [0.29, 0.717) is 23.8 Å². The van der Waals surface area contributed by atoms with E-state index in [1.807, 2.05) is 19.2 Å². The number of aliphatic imine (C=N–C) groups is 1. The number of thiophene rings is 1. The summed E-state index contributed by atoms with van der Waals surface area (Å²) in [7, 11) is 8.66. The van der Waals surface area contributed by atoms with E-state index in [2.05, 4.69) is 32.7 Å². The molecule has 8 heteroatoms. The number of halogens is 1. The molecular weight excluding hydrogens is 477 g/mol. The van der Waals surface area contributed by atoms with Gasteiger partial charge in [-0.25, -0.2) is 0 Å². The average molecular weight is 505 g/mol. The average Bonchev–Trinajstić information content (AvgIpc) is 3.19. The zero-order valence-electron chi connectivity index (χ0n) is 16.4. The molecule has 0 aliphatic heterocycles. The number of likely N-dealkylation sites (N-methyl/N-ethyl adjacent to an activating group) is 1. The molecule has 2 aromatic rings. The van der Waals surface area contributed by atoms with Crippen LogP contribution in [0.2, 0.25) is 0 Å². The molecule has 0 bridgehead atoms. The third-order valence-electron chi connectivity index (χ3n) is 4.02. The normalized spacial score (nSPS) is 10.8. The summed E-state index contributed by atoms with van der Waals surface area (Å²) in [4.78, 5) is 7.86. The van der Waals surface area contributed by atoms with Gasteiger partial charge in [0.05, 0.1) is 21.3 Å². The van der Waals surface area contributed by atoms with E-state index in [1.165, 1.54) is 4.88 Å². The quantitative estimate of drug-likeness (QED) is 0.338. The van der Waals surface area contributed by atoms with Gasteiger partial charge in [-0.1, -0.05) is 6.07 Å². The number of ether oxygens (including phenoxy) is 3. The highest BCUT2D eigenvalue weighted by Gasteiger charge is 2.14. The van der Waals surface area contributed by atoms with Crippen LogP contribution >= 0.6 is 35.3 Å². The fourth-order valence-electron chi connectivity index (χ4n) is 2.64. The maximum atomic E-state index is 5.41. The predicted octanol–water partition coefficient (Wildman–Crippen LogP) is 3.64. The number of guanidine groups is 1. The summed E-state index contributed by atoms with van der Waals surface area (Å²) < 4.78 is 16.2. The van der Waals surface area contributed by atoms with E-state index in [9.17, 15) is 0 Å². The van der Waals surface area contributed by atoms with Gasteiger partial charge in [0.1, 0.15) is 0 Å². The molecule has 1 aromatic heterocycles. The highest BCUT2D eigenvalue weighted by Crippen LogP contribution is 2.38. The van der Waals surface area contributed by atoms with Gasteiger partial charge in [0.15, 0.2) is 17.5 Å². The van der Waals surface area contributed by atoms with E-state index in [-0.39, 0.29) is 24.0 Å². The summed E-state index contributed by atoms with van der Waals surface area (Å²) in [6.07, 6.45) is 0.999. The largest absolute Gasteiger partial charge is 0.493 e. The van der Waals surface area contributed by atoms with Gasteiger partial charge >= 0.3 is 0 Å². The van der Waals surface area contributed by atoms with Crippen LogP contribution in [-0.4, -0.2) is 52.8 Å². The van der Waals surface area contributed by atoms with Gasteiger partial charge in [-0.2, -0.15) is 0 Å². The Labute approximate surface area is 182 Å². The van der Waals surface area contributed by atoms with Crippen LogP contribution in [0.15, 0.2) is 34.6 Å². The lowest BCUT2D eigenvalue weighted by molar-refractivity contribution is 0.323. The molecule has 1 heterocycles. The summed E-state index contributed by atoms with van der Waals surface area (Å²) in [5.74, 6) is 2.72. The first kappa shape index (κ1) is 23.4. The highest BCUT2D eigenvalue weighted by molar-refractivity contribution is 14.0. The van der Waals surface area contributed by atoms with Crippen LogP contribution in [0.4, 0.5) is 0 Å². The van der Waals surface area contributed by atoms with Crippen molar-refractivity contribution in [3.8, 4) is 17.2 Å². The van der Waals surface area contributed by atoms with Crippen LogP contribution in [0.25, 0.3) is 0 Å². The van der Waals surface area contributed by atoms with E-state index < -0.39 is 0 Å². The van der Waals surface area contributed by atoms with Gasteiger partial charge < -0.3 is 24.4 Å². The van der Waals surface area contributed by atoms with Gasteiger partial charge in [0, 0.05) is 32.1 Å². The second-order valence-electron chi connectivity index (χ2n) is 5.69. The molecule has 0 unspecified atom stereocenters. The van der Waals surface area contributed by atoms with Gasteiger partial charge in [0.2, 0.25) is 5.75 Å². The minimum Gasteiger partial charge on any atom is -0.493 e. The summed E-state index contributed by atoms with van der Waals surface area (Å²) in [6.45, 7) is 1.50. The van der Waals surface area contributed by atoms with Crippen molar-refractivity contribution in [2.24, 2.45) is 4.99 Å². The van der Waals surface area contributed by atoms with Crippen molar-refractivity contribution in [3.63, 3.8) is 0 Å². The molecule has 0 saturated heterocycles. The van der Waals surface area contributed by atoms with Gasteiger partial charge in [-0.05, 0) is 35.6 Å². The second kappa shape index (κ2) is 11.9. The van der Waals surface area contributed by atoms with Crippen molar-refractivity contribution >= 4 is 41.3 Å². The summed E-state index contributed by atoms with van der Waals surface area (Å²) in [5.41, 5.74) is 1.02. The van der Waals surface area contributed by atoms with Crippen molar-refractivity contribution in [2.45, 2.75) is 13.0 Å². The number of hydrogen-bond donors (Lipinski definition) is 1. The molecule has 0 fully saturated rings. The molecule has 0 aliphatic carbocycles. The first-order chi connectivity index (χ1) is 12.6. The van der Waals surface area contributed by atoms with Crippen molar-refractivity contribution < 1.29 is 14.2 Å². The molecule has 2 rings (SSSR count). The van der Waals surface area contributed by atoms with Gasteiger partial charge in [0.25, 0.3) is 0 Å². The lowest BCUT2D eigenvalue weighted by Gasteiger charge is -2.22. The van der Waals surface area contributed by atoms with Crippen LogP contribution in [-0.2, 0) is 13.0 Å². The fraction of sp³-hybridized carbons (Fsp3) is 0.421. The number of methoxy groups -OCH3 is 3. The molecule has 1 N–H and O–H groups in total. The third kappa shape index (κ3) is 6.46. The topological polar surface area (TPSA) is 55.3 Å². The molecule has 0 radical (unpaired) electrons. The standard InChI is InChI=1S/C19H27N3O3S.HI/c1-20-19(22(2)9-8-15-7-6-10-26-15)21-13-14-11-16(23-3)18(25-5)17(12-14)24-4;/h6-7,10-12H,8-9,13H2,1-5H3,(H,20,21);1H. The minimum atomic E-state index is 0. The highest BCUT2D eigenvalue weighted by atomic mass is 127. The second-order valence-corrected chi connectivity index (χ2v) is 6.72. The number of benzene rings is 1. The lowest BCUT2D eigenvalue weighted by atomic mass is 10.2. The number of hydrogen-bond acceptors (Lipinski definition) is 5. The molecule has 0 saturated carbocycles. The van der Waals surface area contributed by atoms with Gasteiger partial charge in [-0.15, -0.1) is 35.3 Å². The molecule has 0 atom stereocenters. The van der Waals surface area contributed by atoms with Crippen LogP contribution < -0.4 is 19.5 Å². The maximum absolute atomic E-state index is 5.41. The third-order valence-corrected chi connectivity index (χ3v) is 4.96. The zero-order valence-corrected chi connectivity index (χ0v) is 19.6. The van der Waals surface area contributed by atoms with Crippen molar-refractivity contribution in [2.75, 3.05) is 42.0 Å². The molecular formula is C19H28IN3O3S. The minimum absolute atomic E-state index is 0. The first-order valence-electron chi connectivity index (χ1n) is 8.36. The lowest BCUT2D eigenvalue weighted by Crippen LogP contribution is -2.39. The summed E-state index contributed by atoms with van der Waals surface area (Å²) >= 11 is 1.78. The SMILES string of the molecule is CN=C(NCc1cc(OC)c(OC)c(OC)c1)N(C)CCc1cccs1.I. The Balaban J connectivity index is 0.00000364. The van der Waals surface area contributed by atoms with Crippen molar-refractivity contribution in [1.29, 1.82) is 0 Å². The van der Waals surface area contributed by atoms with E-state index in [0.717, 1.165) is 24.5 Å². The van der Waals surface area contributed by atoms with Crippen LogP contribution in [0.5, 0.6) is 17.2 Å². The Bertz CT molecular complexity index is 698. The zero-order chi connectivity index (χ0) is 18.9. The molecule has 1 aromatic carbocycles. The summed E-state index contributed by atoms with van der Waals surface area (Å²) in [6, 6.07) is 8.11. The number of rotatable bonds is 8. The molecule has 27 heavy (non-hydrogen) atoms. The maximum Gasteiger partial charge on any atom is 0.203 e. The number of nitrogens with zero attached hydrogens (tertiary/aromatic N) is 2. The molecule has 150 valence electrons. The summed E-state index contributed by atoms with van der Waals surface area (Å²) in [5, 5.41) is 5.49. The monoisotopic (exact) mass is 505 g/mol. The Hall–Kier alpha value is -1.68. The fourth-order valence-corrected chi connectivity index (χ4v) is 3.34. The molecule has 0 spiro atoms. The van der Waals surface area contributed by atoms with Gasteiger partial charge in [-0.3, -0.25) is 4.99 Å². The van der Waals surface area contributed by atoms with Crippen molar-refractivity contribution in [3.05, 3.63) is 40.1 Å². The Morgan fingerprint density at radius 2 is 1.81 bits per heavy atom. The molecule has 6 nitrogen and oxygen atoms in total. The van der Waals surface area contributed by atoms with Crippen LogP contribution in [0.1, 0.15) is 10.4 Å². The Kier molecular flexibility index (Phi) is 10.3. The van der Waals surface area contributed by atoms with Crippen LogP contribution in [0.3, 0.4) is 0 Å². The Morgan fingerprint density at radius 1 is 1.15 bits per heavy atom. The van der Waals surface area contributed by atoms with E-state index >= 15 is 0 Å².